The molecule has 8 aromatic rings. The molecule has 40 heavy (non-hydrogen) atoms. The third-order valence-corrected chi connectivity index (χ3v) is 7.77. The molecule has 0 saturated carbocycles. The van der Waals surface area contributed by atoms with Gasteiger partial charge in [0, 0.05) is 32.7 Å². The number of rotatable bonds is 3. The second kappa shape index (κ2) is 8.73. The van der Waals surface area contributed by atoms with Crippen LogP contribution in [-0.2, 0) is 0 Å². The predicted octanol–water partition coefficient (Wildman–Crippen LogP) is 10.4. The van der Waals surface area contributed by atoms with E-state index in [-0.39, 0.29) is 0 Å². The topological polar surface area (TPSA) is 50.1 Å². The smallest absolute Gasteiger partial charge is 0.136 e. The molecule has 6 aromatic carbocycles. The Hall–Kier alpha value is -5.59. The maximum Gasteiger partial charge on any atom is 0.136 e. The molecule has 0 aliphatic heterocycles. The average Bonchev–Trinajstić information content (AvgIpc) is 3.59. The summed E-state index contributed by atoms with van der Waals surface area (Å²) >= 11 is 0. The van der Waals surface area contributed by atoms with Crippen molar-refractivity contribution in [2.24, 2.45) is 0 Å². The Morgan fingerprint density at radius 3 is 1.52 bits per heavy atom. The number of furan rings is 2. The molecule has 0 fully saturated rings. The second-order valence-electron chi connectivity index (χ2n) is 9.94. The molecule has 0 saturated heterocycles. The molecule has 3 nitrogen and oxygen atoms in total. The molecule has 3 heteroatoms. The lowest BCUT2D eigenvalue weighted by Crippen LogP contribution is -1.95. The number of hydrogen-bond donors (Lipinski definition) is 0. The molecular weight excluding hydrogens is 490 g/mol. The Morgan fingerprint density at radius 2 is 0.925 bits per heavy atom. The van der Waals surface area contributed by atoms with Gasteiger partial charge in [-0.15, -0.1) is 0 Å². The van der Waals surface area contributed by atoms with Gasteiger partial charge in [0.15, 0.2) is 0 Å². The van der Waals surface area contributed by atoms with Crippen LogP contribution in [0, 0.1) is 11.3 Å². The first kappa shape index (κ1) is 22.4. The molecule has 0 amide bonds. The van der Waals surface area contributed by atoms with Gasteiger partial charge in [0.05, 0.1) is 5.56 Å². The summed E-state index contributed by atoms with van der Waals surface area (Å²) in [7, 11) is 0. The lowest BCUT2D eigenvalue weighted by molar-refractivity contribution is 0.668. The fraction of sp³-hybridized carbons (Fsp3) is 0. The fourth-order valence-corrected chi connectivity index (χ4v) is 6.07. The minimum Gasteiger partial charge on any atom is -0.456 e. The minimum atomic E-state index is 0.631. The van der Waals surface area contributed by atoms with Crippen LogP contribution < -0.4 is 0 Å². The number of benzene rings is 6. The summed E-state index contributed by atoms with van der Waals surface area (Å²) in [5.74, 6) is 0. The van der Waals surface area contributed by atoms with E-state index in [2.05, 4.69) is 54.6 Å². The Bertz CT molecular complexity index is 2280. The monoisotopic (exact) mass is 511 g/mol. The highest BCUT2D eigenvalue weighted by Gasteiger charge is 2.22. The van der Waals surface area contributed by atoms with Gasteiger partial charge >= 0.3 is 0 Å². The molecule has 0 bridgehead atoms. The molecular formula is C37H21NO2. The highest BCUT2D eigenvalue weighted by Crippen LogP contribution is 2.46. The van der Waals surface area contributed by atoms with Crippen molar-refractivity contribution in [3.63, 3.8) is 0 Å². The van der Waals surface area contributed by atoms with Crippen LogP contribution in [0.4, 0.5) is 0 Å². The van der Waals surface area contributed by atoms with Crippen LogP contribution in [0.2, 0.25) is 0 Å². The van der Waals surface area contributed by atoms with E-state index in [0.29, 0.717) is 5.56 Å². The van der Waals surface area contributed by atoms with Crippen molar-refractivity contribution in [1.29, 1.82) is 5.26 Å². The highest BCUT2D eigenvalue weighted by molar-refractivity contribution is 6.16. The summed E-state index contributed by atoms with van der Waals surface area (Å²) in [5.41, 5.74) is 9.74. The molecule has 0 unspecified atom stereocenters. The van der Waals surface area contributed by atoms with Crippen LogP contribution >= 0.6 is 0 Å². The van der Waals surface area contributed by atoms with Crippen LogP contribution in [0.5, 0.6) is 0 Å². The van der Waals surface area contributed by atoms with Crippen LogP contribution in [0.15, 0.2) is 136 Å². The first-order valence-electron chi connectivity index (χ1n) is 13.3. The lowest BCUT2D eigenvalue weighted by Gasteiger charge is -2.17. The number of nitriles is 1. The fourth-order valence-electron chi connectivity index (χ4n) is 6.07. The van der Waals surface area contributed by atoms with E-state index in [9.17, 15) is 5.26 Å². The van der Waals surface area contributed by atoms with E-state index >= 15 is 0 Å². The van der Waals surface area contributed by atoms with Crippen molar-refractivity contribution < 1.29 is 8.83 Å². The lowest BCUT2D eigenvalue weighted by atomic mass is 9.84. The van der Waals surface area contributed by atoms with Crippen LogP contribution in [0.3, 0.4) is 0 Å². The van der Waals surface area contributed by atoms with E-state index in [1.54, 1.807) is 0 Å². The molecule has 0 N–H and O–H groups in total. The summed E-state index contributed by atoms with van der Waals surface area (Å²) in [4.78, 5) is 0. The molecule has 0 radical (unpaired) electrons. The molecule has 2 heterocycles. The van der Waals surface area contributed by atoms with Gasteiger partial charge in [-0.05, 0) is 46.5 Å². The normalized spacial score (nSPS) is 11.5. The van der Waals surface area contributed by atoms with E-state index in [4.69, 9.17) is 8.83 Å². The zero-order chi connectivity index (χ0) is 26.6. The maximum absolute atomic E-state index is 10.8. The van der Waals surface area contributed by atoms with Crippen molar-refractivity contribution in [3.05, 3.63) is 133 Å². The van der Waals surface area contributed by atoms with E-state index in [1.165, 1.54) is 0 Å². The van der Waals surface area contributed by atoms with E-state index < -0.39 is 0 Å². The first-order chi connectivity index (χ1) is 19.8. The summed E-state index contributed by atoms with van der Waals surface area (Å²) in [6.45, 7) is 0. The van der Waals surface area contributed by atoms with E-state index in [0.717, 1.165) is 77.3 Å². The van der Waals surface area contributed by atoms with Gasteiger partial charge in [0.1, 0.15) is 28.4 Å². The van der Waals surface area contributed by atoms with Gasteiger partial charge < -0.3 is 8.83 Å². The molecule has 2 aromatic heterocycles. The second-order valence-corrected chi connectivity index (χ2v) is 9.94. The van der Waals surface area contributed by atoms with Gasteiger partial charge in [-0.3, -0.25) is 0 Å². The number of hydrogen-bond acceptors (Lipinski definition) is 3. The van der Waals surface area contributed by atoms with Crippen LogP contribution in [0.25, 0.3) is 77.3 Å². The van der Waals surface area contributed by atoms with Crippen molar-refractivity contribution in [1.82, 2.24) is 0 Å². The van der Waals surface area contributed by atoms with Gasteiger partial charge in [0.25, 0.3) is 0 Å². The largest absolute Gasteiger partial charge is 0.456 e. The van der Waals surface area contributed by atoms with Gasteiger partial charge in [0.2, 0.25) is 0 Å². The Balaban J connectivity index is 1.49. The third kappa shape index (κ3) is 3.24. The van der Waals surface area contributed by atoms with E-state index in [1.807, 2.05) is 78.9 Å². The summed E-state index contributed by atoms with van der Waals surface area (Å²) < 4.78 is 12.4. The quantitative estimate of drug-likeness (QED) is 0.237. The molecule has 0 spiro atoms. The predicted molar refractivity (Wildman–Crippen MR) is 162 cm³/mol. The van der Waals surface area contributed by atoms with Gasteiger partial charge in [-0.1, -0.05) is 103 Å². The van der Waals surface area contributed by atoms with Crippen LogP contribution in [0.1, 0.15) is 5.56 Å². The first-order valence-corrected chi connectivity index (χ1v) is 13.3. The van der Waals surface area contributed by atoms with Crippen molar-refractivity contribution in [2.75, 3.05) is 0 Å². The maximum atomic E-state index is 10.8. The Labute approximate surface area is 230 Å². The third-order valence-electron chi connectivity index (χ3n) is 7.77. The molecule has 0 atom stereocenters. The molecule has 8 rings (SSSR count). The molecule has 186 valence electrons. The summed E-state index contributed by atoms with van der Waals surface area (Å²) in [6.07, 6.45) is 0. The SMILES string of the molecule is N#Cc1c(-c2cccc3oc4ccccc4c23)ccc(-c2cccc3oc4ccccc4c23)c1-c1ccccc1. The summed E-state index contributed by atoms with van der Waals surface area (Å²) in [6, 6.07) is 45.4. The number of fused-ring (bicyclic) bond motifs is 6. The zero-order valence-corrected chi connectivity index (χ0v) is 21.4. The zero-order valence-electron chi connectivity index (χ0n) is 21.4. The standard InChI is InChI=1S/C37H21NO2/c38-22-30-24(25-14-8-18-33-36(25)28-12-4-6-16-31(28)39-33)20-21-27(35(30)23-10-2-1-3-11-23)26-15-9-19-34-37(26)29-13-5-7-17-32(29)40-34/h1-21H. The molecule has 0 aliphatic carbocycles. The average molecular weight is 512 g/mol. The van der Waals surface area contributed by atoms with Gasteiger partial charge in [-0.2, -0.15) is 5.26 Å². The highest BCUT2D eigenvalue weighted by atomic mass is 16.3. The Morgan fingerprint density at radius 1 is 0.425 bits per heavy atom. The van der Waals surface area contributed by atoms with Gasteiger partial charge in [-0.25, -0.2) is 0 Å². The van der Waals surface area contributed by atoms with Crippen LogP contribution in [-0.4, -0.2) is 0 Å². The number of para-hydroxylation sites is 2. The minimum absolute atomic E-state index is 0.631. The van der Waals surface area contributed by atoms with Crippen molar-refractivity contribution in [3.8, 4) is 39.4 Å². The number of nitrogens with zero attached hydrogens (tertiary/aromatic N) is 1. The van der Waals surface area contributed by atoms with Crippen molar-refractivity contribution in [2.45, 2.75) is 0 Å². The summed E-state index contributed by atoms with van der Waals surface area (Å²) in [5, 5.41) is 14.9. The van der Waals surface area contributed by atoms with Crippen molar-refractivity contribution >= 4 is 43.9 Å². The Kier molecular flexibility index (Phi) is 4.89. The molecule has 0 aliphatic rings.